The molecule has 0 unspecified atom stereocenters. The van der Waals surface area contributed by atoms with E-state index in [2.05, 4.69) is 0 Å². The predicted molar refractivity (Wildman–Crippen MR) is 123 cm³/mol. The number of aliphatic hydroxyl groups is 2. The average Bonchev–Trinajstić information content (AvgIpc) is 2.99. The Hall–Kier alpha value is -2.53. The number of hydrogen-bond donors (Lipinski definition) is 2. The average molecular weight is 525 g/mol. The van der Waals surface area contributed by atoms with Crippen LogP contribution in [0.3, 0.4) is 0 Å². The van der Waals surface area contributed by atoms with Gasteiger partial charge in [-0.25, -0.2) is 0 Å². The first-order valence-electron chi connectivity index (χ1n) is 12.6. The van der Waals surface area contributed by atoms with Crippen LogP contribution in [0, 0.1) is 22.7 Å². The Balaban J connectivity index is 2.06. The zero-order valence-corrected chi connectivity index (χ0v) is 22.3. The summed E-state index contributed by atoms with van der Waals surface area (Å²) in [6, 6.07) is 0. The van der Waals surface area contributed by atoms with E-state index in [4.69, 9.17) is 18.9 Å². The highest BCUT2D eigenvalue weighted by atomic mass is 16.6. The summed E-state index contributed by atoms with van der Waals surface area (Å²) < 4.78 is 22.9. The number of hydrogen-bond acceptors (Lipinski definition) is 11. The highest BCUT2D eigenvalue weighted by Crippen LogP contribution is 2.70. The molecule has 3 aliphatic carbocycles. The molecular formula is C26H36O11. The lowest BCUT2D eigenvalue weighted by Crippen LogP contribution is -2.84. The molecule has 1 saturated heterocycles. The van der Waals surface area contributed by atoms with Gasteiger partial charge in [-0.2, -0.15) is 0 Å². The van der Waals surface area contributed by atoms with E-state index in [0.29, 0.717) is 12.8 Å². The summed E-state index contributed by atoms with van der Waals surface area (Å²) in [4.78, 5) is 63.1. The molecule has 0 bridgehead atoms. The van der Waals surface area contributed by atoms with Gasteiger partial charge in [0.05, 0.1) is 6.42 Å². The van der Waals surface area contributed by atoms with Gasteiger partial charge >= 0.3 is 23.9 Å². The molecule has 9 atom stereocenters. The van der Waals surface area contributed by atoms with E-state index >= 15 is 0 Å². The maximum Gasteiger partial charge on any atom is 0.310 e. The Morgan fingerprint density at radius 1 is 0.919 bits per heavy atom. The maximum atomic E-state index is 13.5. The molecule has 206 valence electrons. The Kier molecular flexibility index (Phi) is 6.12. The number of carbonyl (C=O) groups is 5. The van der Waals surface area contributed by atoms with Crippen LogP contribution in [-0.4, -0.2) is 75.0 Å². The van der Waals surface area contributed by atoms with Crippen LogP contribution in [0.1, 0.15) is 74.1 Å². The zero-order valence-electron chi connectivity index (χ0n) is 22.3. The molecule has 0 aromatic heterocycles. The third-order valence-electron chi connectivity index (χ3n) is 9.77. The minimum Gasteiger partial charge on any atom is -0.462 e. The van der Waals surface area contributed by atoms with E-state index in [9.17, 15) is 34.2 Å². The fourth-order valence-corrected chi connectivity index (χ4v) is 8.10. The number of ether oxygens (including phenoxy) is 4. The molecule has 4 aliphatic rings. The summed E-state index contributed by atoms with van der Waals surface area (Å²) in [7, 11) is 0. The molecule has 2 N–H and O–H groups in total. The molecule has 11 nitrogen and oxygen atoms in total. The molecule has 1 heterocycles. The molecule has 0 aromatic rings. The quantitative estimate of drug-likeness (QED) is 0.400. The van der Waals surface area contributed by atoms with Crippen LogP contribution in [0.2, 0.25) is 0 Å². The van der Waals surface area contributed by atoms with E-state index in [1.54, 1.807) is 20.8 Å². The highest BCUT2D eigenvalue weighted by Gasteiger charge is 2.83. The van der Waals surface area contributed by atoms with Crippen LogP contribution in [0.5, 0.6) is 0 Å². The van der Waals surface area contributed by atoms with Crippen molar-refractivity contribution >= 4 is 29.7 Å². The minimum atomic E-state index is -2.22. The lowest BCUT2D eigenvalue weighted by molar-refractivity contribution is -0.356. The Labute approximate surface area is 215 Å². The van der Waals surface area contributed by atoms with E-state index < -0.39 is 93.9 Å². The minimum absolute atomic E-state index is 0.315. The van der Waals surface area contributed by atoms with Gasteiger partial charge in [0.15, 0.2) is 23.1 Å². The van der Waals surface area contributed by atoms with Gasteiger partial charge in [0.2, 0.25) is 0 Å². The highest BCUT2D eigenvalue weighted by molar-refractivity contribution is 5.96. The third kappa shape index (κ3) is 3.42. The summed E-state index contributed by atoms with van der Waals surface area (Å²) in [5.74, 6) is -5.59. The van der Waals surface area contributed by atoms with Crippen LogP contribution in [0.25, 0.3) is 0 Å². The van der Waals surface area contributed by atoms with Crippen LogP contribution in [-0.2, 0) is 42.9 Å². The smallest absolute Gasteiger partial charge is 0.310 e. The van der Waals surface area contributed by atoms with Crippen LogP contribution >= 0.6 is 0 Å². The van der Waals surface area contributed by atoms with E-state index in [1.807, 2.05) is 0 Å². The van der Waals surface area contributed by atoms with Gasteiger partial charge in [-0.05, 0) is 31.1 Å². The summed E-state index contributed by atoms with van der Waals surface area (Å²) in [5.41, 5.74) is -8.50. The third-order valence-corrected chi connectivity index (χ3v) is 9.77. The lowest BCUT2D eigenvalue weighted by atomic mass is 9.37. The number of Topliss-reactive ketones (excluding diaryl/α,β-unsaturated/α-hetero) is 1. The first-order valence-corrected chi connectivity index (χ1v) is 12.6. The van der Waals surface area contributed by atoms with Crippen molar-refractivity contribution in [2.24, 2.45) is 22.7 Å². The number of ketones is 1. The van der Waals surface area contributed by atoms with Crippen molar-refractivity contribution in [3.63, 3.8) is 0 Å². The molecule has 37 heavy (non-hydrogen) atoms. The Morgan fingerprint density at radius 3 is 2.03 bits per heavy atom. The second kappa shape index (κ2) is 8.23. The van der Waals surface area contributed by atoms with E-state index in [1.165, 1.54) is 13.8 Å². The molecule has 0 spiro atoms. The summed E-state index contributed by atoms with van der Waals surface area (Å²) in [5, 5.41) is 24.3. The van der Waals surface area contributed by atoms with Crippen LogP contribution in [0.4, 0.5) is 0 Å². The van der Waals surface area contributed by atoms with Crippen molar-refractivity contribution in [1.82, 2.24) is 0 Å². The maximum absolute atomic E-state index is 13.5. The van der Waals surface area contributed by atoms with Gasteiger partial charge in [0, 0.05) is 38.5 Å². The first-order chi connectivity index (χ1) is 16.9. The molecule has 4 rings (SSSR count). The van der Waals surface area contributed by atoms with Crippen molar-refractivity contribution in [1.29, 1.82) is 0 Å². The predicted octanol–water partition coefficient (Wildman–Crippen LogP) is 0.994. The number of rotatable bonds is 3. The van der Waals surface area contributed by atoms with E-state index in [0.717, 1.165) is 13.8 Å². The molecule has 0 aromatic carbocycles. The first kappa shape index (κ1) is 27.5. The van der Waals surface area contributed by atoms with Gasteiger partial charge in [0.25, 0.3) is 0 Å². The summed E-state index contributed by atoms with van der Waals surface area (Å²) in [6.07, 6.45) is -4.04. The van der Waals surface area contributed by atoms with Crippen molar-refractivity contribution in [2.45, 2.75) is 109 Å². The Morgan fingerprint density at radius 2 is 1.49 bits per heavy atom. The molecule has 11 heteroatoms. The number of fused-ring (bicyclic) bond motifs is 5. The second-order valence-corrected chi connectivity index (χ2v) is 12.1. The molecule has 0 radical (unpaired) electrons. The van der Waals surface area contributed by atoms with Crippen LogP contribution in [0.15, 0.2) is 0 Å². The van der Waals surface area contributed by atoms with Crippen molar-refractivity contribution in [3.8, 4) is 0 Å². The van der Waals surface area contributed by atoms with Gasteiger partial charge in [-0.15, -0.1) is 0 Å². The SMILES string of the molecule is CC(=O)O[C@@H]1[C@@H]2[C@H](CC(=O)[C@@]3(O)CC(=O)O[C@@]23C)[C@@]2(C)[C@@H](OC(C)=O)CCC(C)(C)[C@]2(O)[C@H]1OC(C)=O. The van der Waals surface area contributed by atoms with E-state index in [-0.39, 0.29) is 6.42 Å². The normalized spacial score (nSPS) is 46.0. The Bertz CT molecular complexity index is 1070. The van der Waals surface area contributed by atoms with Crippen molar-refractivity contribution in [2.75, 3.05) is 0 Å². The van der Waals surface area contributed by atoms with Gasteiger partial charge in [0.1, 0.15) is 17.8 Å². The second-order valence-electron chi connectivity index (χ2n) is 12.1. The summed E-state index contributed by atoms with van der Waals surface area (Å²) in [6.45, 7) is 10.1. The van der Waals surface area contributed by atoms with Crippen molar-refractivity contribution < 1.29 is 53.1 Å². The largest absolute Gasteiger partial charge is 0.462 e. The fraction of sp³-hybridized carbons (Fsp3) is 0.808. The zero-order chi connectivity index (χ0) is 27.9. The monoisotopic (exact) mass is 524 g/mol. The standard InChI is InChI=1S/C26H36O11/c1-12(27)34-17-8-9-22(4,5)26(33)21(36-14(3)29)20(35-13(2)28)19-15(23(17,26)6)10-16(30)25(32)11-18(31)37-24(19,25)7/h15,17,19-21,32-33H,8-11H2,1-7H3/t15-,17-,19-,20+,21-,23-,24-,25-,26+/m0/s1. The molecule has 4 fully saturated rings. The topological polar surface area (TPSA) is 163 Å². The van der Waals surface area contributed by atoms with Crippen LogP contribution < -0.4 is 0 Å². The number of esters is 4. The lowest BCUT2D eigenvalue weighted by Gasteiger charge is -2.71. The molecule has 1 aliphatic heterocycles. The van der Waals surface area contributed by atoms with Gasteiger partial charge in [-0.1, -0.05) is 20.8 Å². The summed E-state index contributed by atoms with van der Waals surface area (Å²) >= 11 is 0. The number of carbonyl (C=O) groups excluding carboxylic acids is 5. The fourth-order valence-electron chi connectivity index (χ4n) is 8.10. The molecular weight excluding hydrogens is 488 g/mol. The van der Waals surface area contributed by atoms with Gasteiger partial charge in [-0.3, -0.25) is 24.0 Å². The van der Waals surface area contributed by atoms with Crippen molar-refractivity contribution in [3.05, 3.63) is 0 Å². The molecule has 0 amide bonds. The molecule has 3 saturated carbocycles. The van der Waals surface area contributed by atoms with Gasteiger partial charge < -0.3 is 29.2 Å².